The largest absolute Gasteiger partial charge is 0.508 e. The highest BCUT2D eigenvalue weighted by atomic mass is 16.3. The van der Waals surface area contributed by atoms with Crippen LogP contribution in [0.3, 0.4) is 0 Å². The molecule has 2 aromatic rings. The van der Waals surface area contributed by atoms with Crippen molar-refractivity contribution in [1.29, 1.82) is 0 Å². The Hall–Kier alpha value is -2.69. The highest BCUT2D eigenvalue weighted by Gasteiger charge is 2.22. The number of anilines is 1. The standard InChI is InChI=1S/C19H19N3O2/c23-16-5-6-17-14(10-16)3-4-15(18(17)24)9-13-11-20-19(21-12-13)22-7-1-2-8-22/h5-6,9-12,23H,1-4,7-8H2. The predicted molar refractivity (Wildman–Crippen MR) is 92.2 cm³/mol. The van der Waals surface area contributed by atoms with E-state index in [1.807, 2.05) is 6.08 Å². The van der Waals surface area contributed by atoms with Gasteiger partial charge in [-0.15, -0.1) is 0 Å². The van der Waals surface area contributed by atoms with Gasteiger partial charge in [0.25, 0.3) is 0 Å². The first-order valence-corrected chi connectivity index (χ1v) is 8.35. The molecule has 4 rings (SSSR count). The van der Waals surface area contributed by atoms with Crippen molar-refractivity contribution >= 4 is 17.8 Å². The number of nitrogens with zero attached hydrogens (tertiary/aromatic N) is 3. The number of Topliss-reactive ketones (excluding diaryl/α,β-unsaturated/α-hetero) is 1. The van der Waals surface area contributed by atoms with Crippen molar-refractivity contribution in [1.82, 2.24) is 9.97 Å². The number of ketones is 1. The molecule has 24 heavy (non-hydrogen) atoms. The lowest BCUT2D eigenvalue weighted by molar-refractivity contribution is 0.102. The van der Waals surface area contributed by atoms with Crippen molar-refractivity contribution in [3.8, 4) is 5.75 Å². The quantitative estimate of drug-likeness (QED) is 0.861. The number of carbonyl (C=O) groups is 1. The van der Waals surface area contributed by atoms with Crippen LogP contribution in [0.4, 0.5) is 5.95 Å². The van der Waals surface area contributed by atoms with Crippen LogP contribution in [0.1, 0.15) is 40.7 Å². The van der Waals surface area contributed by atoms with Crippen molar-refractivity contribution in [2.75, 3.05) is 18.0 Å². The van der Waals surface area contributed by atoms with E-state index in [0.717, 1.165) is 42.2 Å². The molecule has 1 aliphatic carbocycles. The van der Waals surface area contributed by atoms with Crippen LogP contribution < -0.4 is 4.90 Å². The summed E-state index contributed by atoms with van der Waals surface area (Å²) in [5.74, 6) is 1.00. The van der Waals surface area contributed by atoms with Crippen LogP contribution >= 0.6 is 0 Å². The summed E-state index contributed by atoms with van der Waals surface area (Å²) in [6, 6.07) is 4.94. The number of benzene rings is 1. The maximum atomic E-state index is 12.6. The Kier molecular flexibility index (Phi) is 3.76. The molecule has 1 aliphatic heterocycles. The summed E-state index contributed by atoms with van der Waals surface area (Å²) in [6.07, 6.45) is 9.26. The first-order valence-electron chi connectivity index (χ1n) is 8.35. The number of aromatic hydroxyl groups is 1. The Morgan fingerprint density at radius 3 is 2.58 bits per heavy atom. The van der Waals surface area contributed by atoms with Crippen LogP contribution in [0.25, 0.3) is 6.08 Å². The SMILES string of the molecule is O=C1C(=Cc2cnc(N3CCCC3)nc2)CCc2cc(O)ccc21. The molecule has 1 saturated heterocycles. The lowest BCUT2D eigenvalue weighted by atomic mass is 9.86. The summed E-state index contributed by atoms with van der Waals surface area (Å²) < 4.78 is 0. The summed E-state index contributed by atoms with van der Waals surface area (Å²) in [6.45, 7) is 2.03. The number of allylic oxidation sites excluding steroid dienone is 1. The van der Waals surface area contributed by atoms with Gasteiger partial charge in [0, 0.05) is 42.2 Å². The van der Waals surface area contributed by atoms with Gasteiger partial charge in [0.05, 0.1) is 0 Å². The van der Waals surface area contributed by atoms with Crippen LogP contribution in [-0.2, 0) is 6.42 Å². The van der Waals surface area contributed by atoms with Gasteiger partial charge in [-0.25, -0.2) is 9.97 Å². The van der Waals surface area contributed by atoms with Crippen LogP contribution in [0.15, 0.2) is 36.2 Å². The number of rotatable bonds is 2. The van der Waals surface area contributed by atoms with E-state index < -0.39 is 0 Å². The lowest BCUT2D eigenvalue weighted by Crippen LogP contribution is -2.20. The zero-order valence-corrected chi connectivity index (χ0v) is 13.4. The Morgan fingerprint density at radius 2 is 1.83 bits per heavy atom. The number of carbonyl (C=O) groups excluding carboxylic acids is 1. The normalized spacial score (nSPS) is 18.9. The molecule has 0 saturated carbocycles. The fourth-order valence-electron chi connectivity index (χ4n) is 3.39. The number of aryl methyl sites for hydroxylation is 1. The maximum Gasteiger partial charge on any atom is 0.225 e. The molecule has 0 spiro atoms. The molecule has 1 N–H and O–H groups in total. The summed E-state index contributed by atoms with van der Waals surface area (Å²) in [5, 5.41) is 9.55. The van der Waals surface area contributed by atoms with Crippen molar-refractivity contribution < 1.29 is 9.90 Å². The van der Waals surface area contributed by atoms with E-state index in [2.05, 4.69) is 14.9 Å². The second kappa shape index (κ2) is 6.07. The van der Waals surface area contributed by atoms with E-state index in [9.17, 15) is 9.90 Å². The third-order valence-electron chi connectivity index (χ3n) is 4.68. The molecular formula is C19H19N3O2. The highest BCUT2D eigenvalue weighted by Crippen LogP contribution is 2.29. The summed E-state index contributed by atoms with van der Waals surface area (Å²) >= 11 is 0. The van der Waals surface area contributed by atoms with E-state index in [1.165, 1.54) is 12.8 Å². The van der Waals surface area contributed by atoms with E-state index in [1.54, 1.807) is 30.6 Å². The van der Waals surface area contributed by atoms with E-state index in [0.29, 0.717) is 12.0 Å². The van der Waals surface area contributed by atoms with E-state index >= 15 is 0 Å². The molecular weight excluding hydrogens is 302 g/mol. The van der Waals surface area contributed by atoms with Crippen LogP contribution in [-0.4, -0.2) is 33.9 Å². The molecule has 5 heteroatoms. The molecule has 0 radical (unpaired) electrons. The highest BCUT2D eigenvalue weighted by molar-refractivity contribution is 6.13. The van der Waals surface area contributed by atoms with Gasteiger partial charge >= 0.3 is 0 Å². The van der Waals surface area contributed by atoms with Gasteiger partial charge in [-0.3, -0.25) is 4.79 Å². The maximum absolute atomic E-state index is 12.6. The summed E-state index contributed by atoms with van der Waals surface area (Å²) in [4.78, 5) is 23.7. The molecule has 122 valence electrons. The molecule has 1 aromatic carbocycles. The molecule has 0 atom stereocenters. The van der Waals surface area contributed by atoms with Crippen molar-refractivity contribution in [3.63, 3.8) is 0 Å². The monoisotopic (exact) mass is 321 g/mol. The first-order chi connectivity index (χ1) is 11.7. The third-order valence-corrected chi connectivity index (χ3v) is 4.68. The minimum Gasteiger partial charge on any atom is -0.508 e. The Bertz CT molecular complexity index is 806. The van der Waals surface area contributed by atoms with Crippen LogP contribution in [0, 0.1) is 0 Å². The van der Waals surface area contributed by atoms with Gasteiger partial charge in [-0.1, -0.05) is 0 Å². The average Bonchev–Trinajstić information content (AvgIpc) is 3.12. The van der Waals surface area contributed by atoms with E-state index in [-0.39, 0.29) is 11.5 Å². The van der Waals surface area contributed by atoms with Gasteiger partial charge in [0.15, 0.2) is 5.78 Å². The van der Waals surface area contributed by atoms with E-state index in [4.69, 9.17) is 0 Å². The Balaban J connectivity index is 1.57. The summed E-state index contributed by atoms with van der Waals surface area (Å²) in [5.41, 5.74) is 3.21. The minimum atomic E-state index is 0.0277. The lowest BCUT2D eigenvalue weighted by Gasteiger charge is -2.18. The number of phenols is 1. The molecule has 0 amide bonds. The number of aromatic nitrogens is 2. The Labute approximate surface area is 140 Å². The average molecular weight is 321 g/mol. The number of hydrogen-bond acceptors (Lipinski definition) is 5. The fraction of sp³-hybridized carbons (Fsp3) is 0.316. The molecule has 1 fully saturated rings. The first kappa shape index (κ1) is 14.9. The van der Waals surface area contributed by atoms with Crippen molar-refractivity contribution in [2.45, 2.75) is 25.7 Å². The molecule has 1 aromatic heterocycles. The number of phenolic OH excluding ortho intramolecular Hbond substituents is 1. The second-order valence-corrected chi connectivity index (χ2v) is 6.35. The summed E-state index contributed by atoms with van der Waals surface area (Å²) in [7, 11) is 0. The number of hydrogen-bond donors (Lipinski definition) is 1. The third kappa shape index (κ3) is 2.77. The van der Waals surface area contributed by atoms with Crippen LogP contribution in [0.2, 0.25) is 0 Å². The van der Waals surface area contributed by atoms with Gasteiger partial charge < -0.3 is 10.0 Å². The second-order valence-electron chi connectivity index (χ2n) is 6.35. The fourth-order valence-corrected chi connectivity index (χ4v) is 3.39. The smallest absolute Gasteiger partial charge is 0.225 e. The van der Waals surface area contributed by atoms with Gasteiger partial charge in [0.1, 0.15) is 5.75 Å². The zero-order valence-electron chi connectivity index (χ0n) is 13.4. The van der Waals surface area contributed by atoms with Crippen molar-refractivity contribution in [3.05, 3.63) is 52.9 Å². The zero-order chi connectivity index (χ0) is 16.5. The predicted octanol–water partition coefficient (Wildman–Crippen LogP) is 2.99. The molecule has 0 bridgehead atoms. The number of fused-ring (bicyclic) bond motifs is 1. The van der Waals surface area contributed by atoms with Gasteiger partial charge in [-0.2, -0.15) is 0 Å². The van der Waals surface area contributed by atoms with Gasteiger partial charge in [-0.05, 0) is 55.5 Å². The topological polar surface area (TPSA) is 66.3 Å². The van der Waals surface area contributed by atoms with Gasteiger partial charge in [0.2, 0.25) is 5.95 Å². The minimum absolute atomic E-state index is 0.0277. The van der Waals surface area contributed by atoms with Crippen LogP contribution in [0.5, 0.6) is 5.75 Å². The molecule has 2 aliphatic rings. The molecule has 0 unspecified atom stereocenters. The van der Waals surface area contributed by atoms with Crippen molar-refractivity contribution in [2.24, 2.45) is 0 Å². The molecule has 5 nitrogen and oxygen atoms in total. The molecule has 2 heterocycles. The Morgan fingerprint density at radius 1 is 1.08 bits per heavy atom.